The maximum atomic E-state index is 13.1. The summed E-state index contributed by atoms with van der Waals surface area (Å²) in [6, 6.07) is 0.0456. The Hall–Kier alpha value is -1.79. The number of carbonyl (C=O) groups is 1. The molecule has 0 aromatic heterocycles. The van der Waals surface area contributed by atoms with E-state index in [4.69, 9.17) is 0 Å². The highest BCUT2D eigenvalue weighted by Gasteiger charge is 2.21. The molecule has 0 aliphatic rings. The molecule has 100 valence electrons. The Morgan fingerprint density at radius 1 is 1.17 bits per heavy atom. The van der Waals surface area contributed by atoms with E-state index >= 15 is 0 Å². The van der Waals surface area contributed by atoms with Gasteiger partial charge in [-0.05, 0) is 13.8 Å². The fourth-order valence-electron chi connectivity index (χ4n) is 1.11. The molecule has 0 spiro atoms. The predicted molar refractivity (Wildman–Crippen MR) is 53.0 cm³/mol. The molecule has 0 aliphatic heterocycles. The minimum atomic E-state index is -1.70. The number of esters is 1. The number of ether oxygens (including phenoxy) is 2. The monoisotopic (exact) mass is 266 g/mol. The van der Waals surface area contributed by atoms with Gasteiger partial charge in [0.2, 0.25) is 11.6 Å². The summed E-state index contributed by atoms with van der Waals surface area (Å²) < 4.78 is 60.7. The molecule has 0 radical (unpaired) electrons. The lowest BCUT2D eigenvalue weighted by atomic mass is 10.3. The van der Waals surface area contributed by atoms with Crippen molar-refractivity contribution in [3.05, 3.63) is 29.3 Å². The fraction of sp³-hybridized carbons (Fsp3) is 0.364. The molecule has 0 heterocycles. The van der Waals surface area contributed by atoms with Gasteiger partial charge < -0.3 is 9.47 Å². The predicted octanol–water partition coefficient (Wildman–Crippen LogP) is 2.57. The highest BCUT2D eigenvalue weighted by molar-refractivity contribution is 5.71. The third kappa shape index (κ3) is 3.35. The highest BCUT2D eigenvalue weighted by atomic mass is 19.2. The number of halogens is 4. The van der Waals surface area contributed by atoms with E-state index in [2.05, 4.69) is 9.47 Å². The molecule has 0 bridgehead atoms. The maximum absolute atomic E-state index is 13.1. The minimum Gasteiger partial charge on any atom is -0.476 e. The van der Waals surface area contributed by atoms with E-state index in [1.165, 1.54) is 0 Å². The Balaban J connectivity index is 2.82. The molecule has 0 N–H and O–H groups in total. The van der Waals surface area contributed by atoms with Crippen molar-refractivity contribution in [2.24, 2.45) is 0 Å². The summed E-state index contributed by atoms with van der Waals surface area (Å²) >= 11 is 0. The molecule has 1 rings (SSSR count). The minimum absolute atomic E-state index is 0.0456. The Morgan fingerprint density at radius 2 is 1.67 bits per heavy atom. The summed E-state index contributed by atoms with van der Waals surface area (Å²) in [5.41, 5.74) is 0. The van der Waals surface area contributed by atoms with Crippen LogP contribution in [-0.4, -0.2) is 18.7 Å². The number of benzene rings is 1. The van der Waals surface area contributed by atoms with Crippen molar-refractivity contribution in [3.63, 3.8) is 0 Å². The molecule has 1 aromatic carbocycles. The molecular weight excluding hydrogens is 256 g/mol. The standard InChI is InChI=1S/C11H10F4O3/c1-5(2)18-8(16)4-17-11-9(14)6(12)3-7(13)10(11)15/h3,5H,4H2,1-2H3. The van der Waals surface area contributed by atoms with Gasteiger partial charge in [0.15, 0.2) is 24.0 Å². The lowest BCUT2D eigenvalue weighted by Crippen LogP contribution is -2.19. The van der Waals surface area contributed by atoms with E-state index in [1.807, 2.05) is 0 Å². The van der Waals surface area contributed by atoms with E-state index < -0.39 is 47.7 Å². The lowest BCUT2D eigenvalue weighted by Gasteiger charge is -2.10. The summed E-state index contributed by atoms with van der Waals surface area (Å²) in [5, 5.41) is 0. The Bertz CT molecular complexity index is 434. The van der Waals surface area contributed by atoms with Crippen LogP contribution < -0.4 is 4.74 Å². The van der Waals surface area contributed by atoms with Crippen LogP contribution in [0.25, 0.3) is 0 Å². The van der Waals surface area contributed by atoms with Crippen LogP contribution in [0, 0.1) is 23.3 Å². The van der Waals surface area contributed by atoms with Gasteiger partial charge in [0.1, 0.15) is 0 Å². The molecule has 0 atom stereocenters. The number of hydrogen-bond acceptors (Lipinski definition) is 3. The van der Waals surface area contributed by atoms with Gasteiger partial charge in [-0.25, -0.2) is 13.6 Å². The molecule has 0 unspecified atom stereocenters. The van der Waals surface area contributed by atoms with E-state index in [-0.39, 0.29) is 6.07 Å². The second kappa shape index (κ2) is 5.70. The van der Waals surface area contributed by atoms with Gasteiger partial charge in [-0.3, -0.25) is 0 Å². The van der Waals surface area contributed by atoms with Crippen molar-refractivity contribution in [1.82, 2.24) is 0 Å². The van der Waals surface area contributed by atoms with Gasteiger partial charge in [-0.15, -0.1) is 0 Å². The Kier molecular flexibility index (Phi) is 4.52. The molecule has 7 heteroatoms. The fourth-order valence-corrected chi connectivity index (χ4v) is 1.11. The third-order valence-corrected chi connectivity index (χ3v) is 1.77. The molecule has 1 aromatic rings. The molecule has 0 saturated heterocycles. The van der Waals surface area contributed by atoms with Crippen molar-refractivity contribution >= 4 is 5.97 Å². The molecule has 3 nitrogen and oxygen atoms in total. The van der Waals surface area contributed by atoms with Crippen LogP contribution in [0.2, 0.25) is 0 Å². The van der Waals surface area contributed by atoms with Crippen LogP contribution in [0.5, 0.6) is 5.75 Å². The quantitative estimate of drug-likeness (QED) is 0.477. The third-order valence-electron chi connectivity index (χ3n) is 1.77. The first-order valence-corrected chi connectivity index (χ1v) is 4.98. The summed E-state index contributed by atoms with van der Waals surface area (Å²) in [7, 11) is 0. The maximum Gasteiger partial charge on any atom is 0.344 e. The molecule has 0 saturated carbocycles. The van der Waals surface area contributed by atoms with Crippen molar-refractivity contribution in [3.8, 4) is 5.75 Å². The van der Waals surface area contributed by atoms with Gasteiger partial charge in [0.25, 0.3) is 0 Å². The number of carbonyl (C=O) groups excluding carboxylic acids is 1. The van der Waals surface area contributed by atoms with Crippen molar-refractivity contribution in [2.45, 2.75) is 20.0 Å². The number of rotatable bonds is 4. The number of hydrogen-bond donors (Lipinski definition) is 0. The second-order valence-corrected chi connectivity index (χ2v) is 3.62. The van der Waals surface area contributed by atoms with Crippen LogP contribution in [0.3, 0.4) is 0 Å². The summed E-state index contributed by atoms with van der Waals surface area (Å²) in [6.45, 7) is 2.26. The van der Waals surface area contributed by atoms with Gasteiger partial charge in [-0.2, -0.15) is 8.78 Å². The molecule has 0 fully saturated rings. The average molecular weight is 266 g/mol. The van der Waals surface area contributed by atoms with Crippen LogP contribution in [0.4, 0.5) is 17.6 Å². The van der Waals surface area contributed by atoms with Gasteiger partial charge in [0, 0.05) is 6.07 Å². The lowest BCUT2D eigenvalue weighted by molar-refractivity contribution is -0.149. The zero-order chi connectivity index (χ0) is 13.9. The van der Waals surface area contributed by atoms with Crippen LogP contribution in [0.15, 0.2) is 6.07 Å². The Labute approximate surface area is 100 Å². The van der Waals surface area contributed by atoms with Crippen LogP contribution >= 0.6 is 0 Å². The van der Waals surface area contributed by atoms with Gasteiger partial charge in [-0.1, -0.05) is 0 Å². The van der Waals surface area contributed by atoms with Crippen molar-refractivity contribution in [1.29, 1.82) is 0 Å². The van der Waals surface area contributed by atoms with Crippen molar-refractivity contribution in [2.75, 3.05) is 6.61 Å². The van der Waals surface area contributed by atoms with Gasteiger partial charge in [0.05, 0.1) is 6.10 Å². The van der Waals surface area contributed by atoms with E-state index in [0.29, 0.717) is 0 Å². The van der Waals surface area contributed by atoms with E-state index in [1.54, 1.807) is 13.8 Å². The molecule has 0 amide bonds. The first-order valence-electron chi connectivity index (χ1n) is 4.98. The average Bonchev–Trinajstić information content (AvgIpc) is 2.25. The van der Waals surface area contributed by atoms with Crippen molar-refractivity contribution < 1.29 is 31.8 Å². The summed E-state index contributed by atoms with van der Waals surface area (Å²) in [4.78, 5) is 11.0. The van der Waals surface area contributed by atoms with Crippen LogP contribution in [0.1, 0.15) is 13.8 Å². The second-order valence-electron chi connectivity index (χ2n) is 3.62. The topological polar surface area (TPSA) is 35.5 Å². The van der Waals surface area contributed by atoms with E-state index in [0.717, 1.165) is 0 Å². The molecular formula is C11H10F4O3. The zero-order valence-electron chi connectivity index (χ0n) is 9.60. The normalized spacial score (nSPS) is 10.6. The smallest absolute Gasteiger partial charge is 0.344 e. The first-order chi connectivity index (χ1) is 8.32. The summed E-state index contributed by atoms with van der Waals surface area (Å²) in [5.74, 6) is -8.82. The largest absolute Gasteiger partial charge is 0.476 e. The highest BCUT2D eigenvalue weighted by Crippen LogP contribution is 2.26. The summed E-state index contributed by atoms with van der Waals surface area (Å²) in [6.07, 6.45) is -0.444. The Morgan fingerprint density at radius 3 is 2.11 bits per heavy atom. The van der Waals surface area contributed by atoms with E-state index in [9.17, 15) is 22.4 Å². The first kappa shape index (κ1) is 14.3. The van der Waals surface area contributed by atoms with Gasteiger partial charge >= 0.3 is 5.97 Å². The molecule has 0 aliphatic carbocycles. The SMILES string of the molecule is CC(C)OC(=O)COc1c(F)c(F)cc(F)c1F. The molecule has 18 heavy (non-hydrogen) atoms. The van der Waals surface area contributed by atoms with Crippen LogP contribution in [-0.2, 0) is 9.53 Å². The zero-order valence-corrected chi connectivity index (χ0v) is 9.60.